The Morgan fingerprint density at radius 1 is 1.23 bits per heavy atom. The van der Waals surface area contributed by atoms with E-state index in [1.54, 1.807) is 12.1 Å². The van der Waals surface area contributed by atoms with Crippen LogP contribution in [-0.4, -0.2) is 18.5 Å². The van der Waals surface area contributed by atoms with Crippen LogP contribution in [0, 0.1) is 11.7 Å². The molecule has 0 aliphatic heterocycles. The van der Waals surface area contributed by atoms with Crippen LogP contribution in [0.1, 0.15) is 50.5 Å². The number of benzene rings is 1. The molecule has 2 fully saturated rings. The Kier molecular flexibility index (Phi) is 4.48. The highest BCUT2D eigenvalue weighted by Crippen LogP contribution is 2.40. The fourth-order valence-corrected chi connectivity index (χ4v) is 3.64. The van der Waals surface area contributed by atoms with Gasteiger partial charge in [0.15, 0.2) is 0 Å². The lowest BCUT2D eigenvalue weighted by Crippen LogP contribution is -2.49. The van der Waals surface area contributed by atoms with E-state index < -0.39 is 5.41 Å². The SMILES string of the molecule is NC(CNC(=O)C1(c2ccc(F)cc2)CCCCC1)C1CC1. The van der Waals surface area contributed by atoms with Crippen LogP contribution in [-0.2, 0) is 10.2 Å². The van der Waals surface area contributed by atoms with E-state index in [1.165, 1.54) is 25.0 Å². The third-order valence-electron chi connectivity index (χ3n) is 5.26. The lowest BCUT2D eigenvalue weighted by atomic mass is 9.68. The summed E-state index contributed by atoms with van der Waals surface area (Å²) in [4.78, 5) is 12.9. The topological polar surface area (TPSA) is 55.1 Å². The fraction of sp³-hybridized carbons (Fsp3) is 0.611. The number of hydrogen-bond acceptors (Lipinski definition) is 2. The van der Waals surface area contributed by atoms with Crippen LogP contribution in [0.25, 0.3) is 0 Å². The van der Waals surface area contributed by atoms with E-state index in [4.69, 9.17) is 5.73 Å². The Morgan fingerprint density at radius 3 is 2.45 bits per heavy atom. The first kappa shape index (κ1) is 15.5. The van der Waals surface area contributed by atoms with E-state index in [2.05, 4.69) is 5.32 Å². The van der Waals surface area contributed by atoms with Crippen LogP contribution in [0.5, 0.6) is 0 Å². The molecule has 2 saturated carbocycles. The quantitative estimate of drug-likeness (QED) is 0.879. The van der Waals surface area contributed by atoms with Crippen molar-refractivity contribution in [3.05, 3.63) is 35.6 Å². The maximum atomic E-state index is 13.2. The third kappa shape index (κ3) is 3.17. The summed E-state index contributed by atoms with van der Waals surface area (Å²) in [6, 6.07) is 6.50. The van der Waals surface area contributed by atoms with E-state index >= 15 is 0 Å². The number of nitrogens with one attached hydrogen (secondary N) is 1. The maximum absolute atomic E-state index is 13.2. The molecular formula is C18H25FN2O. The van der Waals surface area contributed by atoms with Gasteiger partial charge in [0.25, 0.3) is 0 Å². The van der Waals surface area contributed by atoms with E-state index in [0.29, 0.717) is 12.5 Å². The van der Waals surface area contributed by atoms with Crippen LogP contribution in [0.15, 0.2) is 24.3 Å². The lowest BCUT2D eigenvalue weighted by molar-refractivity contribution is -0.128. The van der Waals surface area contributed by atoms with Crippen molar-refractivity contribution >= 4 is 5.91 Å². The number of nitrogens with two attached hydrogens (primary N) is 1. The Balaban J connectivity index is 1.75. The zero-order valence-electron chi connectivity index (χ0n) is 13.0. The molecular weight excluding hydrogens is 279 g/mol. The molecule has 120 valence electrons. The standard InChI is InChI=1S/C18H25FN2O/c19-15-8-6-14(7-9-15)18(10-2-1-3-11-18)17(22)21-12-16(20)13-4-5-13/h6-9,13,16H,1-5,10-12,20H2,(H,21,22). The minimum atomic E-state index is -0.505. The first-order valence-corrected chi connectivity index (χ1v) is 8.42. The number of halogens is 1. The number of rotatable bonds is 5. The predicted molar refractivity (Wildman–Crippen MR) is 84.9 cm³/mol. The van der Waals surface area contributed by atoms with Gasteiger partial charge in [0.05, 0.1) is 5.41 Å². The molecule has 1 aromatic rings. The van der Waals surface area contributed by atoms with E-state index in [-0.39, 0.29) is 17.8 Å². The Bertz CT molecular complexity index is 518. The van der Waals surface area contributed by atoms with Gasteiger partial charge in [0.2, 0.25) is 5.91 Å². The normalized spacial score (nSPS) is 22.1. The summed E-state index contributed by atoms with van der Waals surface area (Å²) in [5.74, 6) is 0.384. The van der Waals surface area contributed by atoms with Gasteiger partial charge in [0, 0.05) is 12.6 Å². The van der Waals surface area contributed by atoms with E-state index in [0.717, 1.165) is 37.7 Å². The first-order valence-electron chi connectivity index (χ1n) is 8.42. The van der Waals surface area contributed by atoms with Crippen molar-refractivity contribution in [2.24, 2.45) is 11.7 Å². The summed E-state index contributed by atoms with van der Waals surface area (Å²) in [6.45, 7) is 0.548. The van der Waals surface area contributed by atoms with Crippen LogP contribution in [0.2, 0.25) is 0 Å². The van der Waals surface area contributed by atoms with E-state index in [9.17, 15) is 9.18 Å². The third-order valence-corrected chi connectivity index (χ3v) is 5.26. The van der Waals surface area contributed by atoms with Gasteiger partial charge in [-0.1, -0.05) is 31.4 Å². The zero-order valence-corrected chi connectivity index (χ0v) is 13.0. The molecule has 22 heavy (non-hydrogen) atoms. The Labute approximate surface area is 131 Å². The molecule has 0 saturated heterocycles. The molecule has 0 radical (unpaired) electrons. The van der Waals surface area contributed by atoms with E-state index in [1.807, 2.05) is 0 Å². The molecule has 3 N–H and O–H groups in total. The van der Waals surface area contributed by atoms with Crippen molar-refractivity contribution in [2.75, 3.05) is 6.54 Å². The van der Waals surface area contributed by atoms with Gasteiger partial charge < -0.3 is 11.1 Å². The van der Waals surface area contributed by atoms with Gasteiger partial charge in [-0.3, -0.25) is 4.79 Å². The molecule has 2 aliphatic rings. The largest absolute Gasteiger partial charge is 0.354 e. The molecule has 0 heterocycles. The molecule has 0 bridgehead atoms. The molecule has 3 rings (SSSR count). The van der Waals surface area contributed by atoms with Crippen molar-refractivity contribution in [1.29, 1.82) is 0 Å². The van der Waals surface area contributed by atoms with Crippen molar-refractivity contribution in [3.8, 4) is 0 Å². The highest BCUT2D eigenvalue weighted by Gasteiger charge is 2.41. The highest BCUT2D eigenvalue weighted by atomic mass is 19.1. The summed E-state index contributed by atoms with van der Waals surface area (Å²) in [5, 5.41) is 3.07. The summed E-state index contributed by atoms with van der Waals surface area (Å²) < 4.78 is 13.2. The summed E-state index contributed by atoms with van der Waals surface area (Å²) in [7, 11) is 0. The van der Waals surface area contributed by atoms with Gasteiger partial charge >= 0.3 is 0 Å². The first-order chi connectivity index (χ1) is 10.6. The van der Waals surface area contributed by atoms with Crippen molar-refractivity contribution in [3.63, 3.8) is 0 Å². The van der Waals surface area contributed by atoms with Gasteiger partial charge in [0.1, 0.15) is 5.82 Å². The monoisotopic (exact) mass is 304 g/mol. The average molecular weight is 304 g/mol. The molecule has 4 heteroatoms. The second-order valence-corrected chi connectivity index (χ2v) is 6.86. The summed E-state index contributed by atoms with van der Waals surface area (Å²) in [5.41, 5.74) is 6.53. The van der Waals surface area contributed by atoms with Crippen molar-refractivity contribution in [1.82, 2.24) is 5.32 Å². The van der Waals surface area contributed by atoms with Crippen LogP contribution in [0.3, 0.4) is 0 Å². The van der Waals surface area contributed by atoms with Crippen LogP contribution < -0.4 is 11.1 Å². The number of carbonyl (C=O) groups excluding carboxylic acids is 1. The number of hydrogen-bond donors (Lipinski definition) is 2. The summed E-state index contributed by atoms with van der Waals surface area (Å²) in [6.07, 6.45) is 7.28. The van der Waals surface area contributed by atoms with Gasteiger partial charge in [-0.15, -0.1) is 0 Å². The van der Waals surface area contributed by atoms with Crippen LogP contribution >= 0.6 is 0 Å². The second kappa shape index (κ2) is 6.37. The number of carbonyl (C=O) groups is 1. The second-order valence-electron chi connectivity index (χ2n) is 6.86. The number of amides is 1. The lowest BCUT2D eigenvalue weighted by Gasteiger charge is -2.36. The molecule has 0 spiro atoms. The highest BCUT2D eigenvalue weighted by molar-refractivity contribution is 5.88. The molecule has 1 amide bonds. The molecule has 3 nitrogen and oxygen atoms in total. The van der Waals surface area contributed by atoms with Crippen LogP contribution in [0.4, 0.5) is 4.39 Å². The molecule has 1 atom stereocenters. The van der Waals surface area contributed by atoms with Crippen molar-refractivity contribution in [2.45, 2.75) is 56.4 Å². The maximum Gasteiger partial charge on any atom is 0.230 e. The average Bonchev–Trinajstić information content (AvgIpc) is 3.38. The Morgan fingerprint density at radius 2 is 1.86 bits per heavy atom. The zero-order chi connectivity index (χ0) is 15.6. The molecule has 1 unspecified atom stereocenters. The fourth-order valence-electron chi connectivity index (χ4n) is 3.64. The van der Waals surface area contributed by atoms with Gasteiger partial charge in [-0.25, -0.2) is 4.39 Å². The minimum Gasteiger partial charge on any atom is -0.354 e. The Hall–Kier alpha value is -1.42. The predicted octanol–water partition coefficient (Wildman–Crippen LogP) is 2.88. The minimum absolute atomic E-state index is 0.0647. The summed E-state index contributed by atoms with van der Waals surface area (Å²) >= 11 is 0. The molecule has 1 aromatic carbocycles. The molecule has 0 aromatic heterocycles. The molecule has 2 aliphatic carbocycles. The van der Waals surface area contributed by atoms with Gasteiger partial charge in [-0.05, 0) is 49.3 Å². The smallest absolute Gasteiger partial charge is 0.230 e. The van der Waals surface area contributed by atoms with Gasteiger partial charge in [-0.2, -0.15) is 0 Å². The van der Waals surface area contributed by atoms with Crippen molar-refractivity contribution < 1.29 is 9.18 Å².